The summed E-state index contributed by atoms with van der Waals surface area (Å²) in [7, 11) is -0.807. The van der Waals surface area contributed by atoms with E-state index in [-0.39, 0.29) is 0 Å². The number of hydrogen-bond donors (Lipinski definition) is 1. The van der Waals surface area contributed by atoms with E-state index >= 15 is 0 Å². The summed E-state index contributed by atoms with van der Waals surface area (Å²) in [5, 5.41) is 3.42. The molecule has 0 aliphatic carbocycles. The largest absolute Gasteiger partial charge is 0.317 e. The van der Waals surface area contributed by atoms with Crippen LogP contribution in [0.1, 0.15) is 34.1 Å². The first-order valence-corrected chi connectivity index (χ1v) is 8.78. The van der Waals surface area contributed by atoms with Gasteiger partial charge in [-0.2, -0.15) is 0 Å². The summed E-state index contributed by atoms with van der Waals surface area (Å²) in [6, 6.07) is 5.97. The van der Waals surface area contributed by atoms with E-state index in [1.807, 2.05) is 0 Å². The van der Waals surface area contributed by atoms with Crippen molar-refractivity contribution in [3.05, 3.63) is 0 Å². The molecule has 0 spiro atoms. The normalized spacial score (nSPS) is 12.0. The molecule has 0 aromatic rings. The average molecular weight is 201 g/mol. The fourth-order valence-electron chi connectivity index (χ4n) is 2.05. The quantitative estimate of drug-likeness (QED) is 0.468. The van der Waals surface area contributed by atoms with Crippen LogP contribution in [0, 0.1) is 0 Å². The molecule has 0 heterocycles. The van der Waals surface area contributed by atoms with Crippen LogP contribution in [0.5, 0.6) is 0 Å². The van der Waals surface area contributed by atoms with E-state index in [4.69, 9.17) is 0 Å². The fraction of sp³-hybridized carbons (Fsp3) is 1.00. The summed E-state index contributed by atoms with van der Waals surface area (Å²) >= 11 is 0. The van der Waals surface area contributed by atoms with Crippen LogP contribution in [-0.4, -0.2) is 21.2 Å². The van der Waals surface area contributed by atoms with Crippen molar-refractivity contribution in [2.45, 2.75) is 58.3 Å². The van der Waals surface area contributed by atoms with Crippen molar-refractivity contribution in [3.8, 4) is 0 Å². The van der Waals surface area contributed by atoms with Crippen molar-refractivity contribution in [2.24, 2.45) is 0 Å². The first-order valence-electron chi connectivity index (χ1n) is 5.95. The number of rotatable bonds is 8. The lowest BCUT2D eigenvalue weighted by molar-refractivity contribution is 0.696. The Hall–Kier alpha value is 0.177. The molecule has 0 saturated heterocycles. The van der Waals surface area contributed by atoms with Crippen LogP contribution >= 0.6 is 0 Å². The summed E-state index contributed by atoms with van der Waals surface area (Å²) < 4.78 is 0. The smallest absolute Gasteiger partial charge is 0.0528 e. The van der Waals surface area contributed by atoms with Gasteiger partial charge in [0.1, 0.15) is 0 Å². The molecule has 0 radical (unpaired) electrons. The third-order valence-electron chi connectivity index (χ3n) is 3.56. The van der Waals surface area contributed by atoms with Gasteiger partial charge < -0.3 is 5.32 Å². The van der Waals surface area contributed by atoms with Crippen LogP contribution in [0.2, 0.25) is 24.2 Å². The Bertz CT molecular complexity index is 102. The Labute approximate surface area is 85.3 Å². The minimum Gasteiger partial charge on any atom is -0.317 e. The SMILES string of the molecule is CCNCCC[Si](CC)(CC)CC. The van der Waals surface area contributed by atoms with Crippen molar-refractivity contribution in [3.63, 3.8) is 0 Å². The highest BCUT2D eigenvalue weighted by atomic mass is 28.3. The van der Waals surface area contributed by atoms with Crippen LogP contribution in [0.15, 0.2) is 0 Å². The van der Waals surface area contributed by atoms with Crippen LogP contribution in [0.3, 0.4) is 0 Å². The van der Waals surface area contributed by atoms with Crippen LogP contribution in [0.25, 0.3) is 0 Å². The molecule has 0 saturated carbocycles. The lowest BCUT2D eigenvalue weighted by Gasteiger charge is -2.28. The molecular weight excluding hydrogens is 174 g/mol. The second-order valence-electron chi connectivity index (χ2n) is 4.02. The predicted octanol–water partition coefficient (Wildman–Crippen LogP) is 3.49. The van der Waals surface area contributed by atoms with E-state index < -0.39 is 8.07 Å². The Balaban J connectivity index is 3.68. The highest BCUT2D eigenvalue weighted by Gasteiger charge is 2.25. The maximum Gasteiger partial charge on any atom is 0.0528 e. The molecule has 13 heavy (non-hydrogen) atoms. The van der Waals surface area contributed by atoms with Gasteiger partial charge in [0.2, 0.25) is 0 Å². The minimum atomic E-state index is -0.807. The predicted molar refractivity (Wildman–Crippen MR) is 65.2 cm³/mol. The maximum atomic E-state index is 3.42. The molecule has 0 rings (SSSR count). The van der Waals surface area contributed by atoms with Crippen LogP contribution in [0.4, 0.5) is 0 Å². The second kappa shape index (κ2) is 7.57. The molecule has 0 aliphatic heterocycles. The van der Waals surface area contributed by atoms with Gasteiger partial charge in [-0.3, -0.25) is 0 Å². The highest BCUT2D eigenvalue weighted by molar-refractivity contribution is 6.79. The van der Waals surface area contributed by atoms with E-state index in [0.29, 0.717) is 0 Å². The first-order chi connectivity index (χ1) is 6.24. The van der Waals surface area contributed by atoms with E-state index in [1.165, 1.54) is 37.1 Å². The first kappa shape index (κ1) is 13.2. The lowest BCUT2D eigenvalue weighted by Crippen LogP contribution is -2.32. The van der Waals surface area contributed by atoms with E-state index in [2.05, 4.69) is 33.0 Å². The maximum absolute atomic E-state index is 3.42. The highest BCUT2D eigenvalue weighted by Crippen LogP contribution is 2.25. The molecule has 0 aromatic carbocycles. The molecule has 0 fully saturated rings. The Morgan fingerprint density at radius 1 is 0.923 bits per heavy atom. The molecule has 1 nitrogen and oxygen atoms in total. The summed E-state index contributed by atoms with van der Waals surface area (Å²) in [4.78, 5) is 0. The molecule has 1 N–H and O–H groups in total. The van der Waals surface area contributed by atoms with Crippen molar-refractivity contribution in [1.29, 1.82) is 0 Å². The van der Waals surface area contributed by atoms with Crippen molar-refractivity contribution >= 4 is 8.07 Å². The number of hydrogen-bond acceptors (Lipinski definition) is 1. The second-order valence-corrected chi connectivity index (χ2v) is 9.64. The Morgan fingerprint density at radius 3 is 1.85 bits per heavy atom. The zero-order valence-corrected chi connectivity index (χ0v) is 10.9. The monoisotopic (exact) mass is 201 g/mol. The summed E-state index contributed by atoms with van der Waals surface area (Å²) in [5.74, 6) is 0. The van der Waals surface area contributed by atoms with Gasteiger partial charge in [0.25, 0.3) is 0 Å². The average Bonchev–Trinajstić information content (AvgIpc) is 2.20. The van der Waals surface area contributed by atoms with Crippen LogP contribution < -0.4 is 5.32 Å². The van der Waals surface area contributed by atoms with Gasteiger partial charge in [0.15, 0.2) is 0 Å². The molecule has 2 heteroatoms. The molecule has 0 aliphatic rings. The zero-order chi connectivity index (χ0) is 10.2. The van der Waals surface area contributed by atoms with E-state index in [9.17, 15) is 0 Å². The lowest BCUT2D eigenvalue weighted by atomic mass is 10.5. The van der Waals surface area contributed by atoms with Gasteiger partial charge in [-0.15, -0.1) is 0 Å². The molecule has 0 unspecified atom stereocenters. The third kappa shape index (κ3) is 4.82. The summed E-state index contributed by atoms with van der Waals surface area (Å²) in [6.45, 7) is 11.7. The van der Waals surface area contributed by atoms with Gasteiger partial charge in [0, 0.05) is 0 Å². The topological polar surface area (TPSA) is 12.0 Å². The Morgan fingerprint density at radius 2 is 1.46 bits per heavy atom. The molecule has 0 bridgehead atoms. The van der Waals surface area contributed by atoms with E-state index in [1.54, 1.807) is 0 Å². The van der Waals surface area contributed by atoms with Gasteiger partial charge in [-0.1, -0.05) is 51.9 Å². The standard InChI is InChI=1S/C11H27NSi/c1-5-12-10-9-11-13(6-2,7-3)8-4/h12H,5-11H2,1-4H3. The van der Waals surface area contributed by atoms with Crippen molar-refractivity contribution in [1.82, 2.24) is 5.32 Å². The Kier molecular flexibility index (Phi) is 7.67. The minimum absolute atomic E-state index is 0.807. The third-order valence-corrected chi connectivity index (χ3v) is 9.47. The number of nitrogens with one attached hydrogen (secondary N) is 1. The summed E-state index contributed by atoms with van der Waals surface area (Å²) in [6.07, 6.45) is 1.40. The van der Waals surface area contributed by atoms with Crippen molar-refractivity contribution in [2.75, 3.05) is 13.1 Å². The van der Waals surface area contributed by atoms with Gasteiger partial charge in [-0.25, -0.2) is 0 Å². The van der Waals surface area contributed by atoms with Gasteiger partial charge in [-0.05, 0) is 19.5 Å². The molecule has 0 aromatic heterocycles. The van der Waals surface area contributed by atoms with Crippen molar-refractivity contribution < 1.29 is 0 Å². The van der Waals surface area contributed by atoms with Gasteiger partial charge >= 0.3 is 0 Å². The van der Waals surface area contributed by atoms with Gasteiger partial charge in [0.05, 0.1) is 8.07 Å². The molecular formula is C11H27NSi. The summed E-state index contributed by atoms with van der Waals surface area (Å²) in [5.41, 5.74) is 0. The fourth-order valence-corrected chi connectivity index (χ4v) is 5.53. The molecule has 80 valence electrons. The molecule has 0 amide bonds. The van der Waals surface area contributed by atoms with E-state index in [0.717, 1.165) is 6.54 Å². The van der Waals surface area contributed by atoms with Crippen LogP contribution in [-0.2, 0) is 0 Å². The molecule has 0 atom stereocenters. The zero-order valence-electron chi connectivity index (χ0n) is 9.95.